The van der Waals surface area contributed by atoms with E-state index in [1.54, 1.807) is 13.1 Å². The van der Waals surface area contributed by atoms with Crippen LogP contribution in [0, 0.1) is 5.92 Å². The van der Waals surface area contributed by atoms with Gasteiger partial charge in [-0.2, -0.15) is 0 Å². The number of carbonyl (C=O) groups excluding carboxylic acids is 1. The molecule has 0 bridgehead atoms. The highest BCUT2D eigenvalue weighted by Crippen LogP contribution is 2.15. The summed E-state index contributed by atoms with van der Waals surface area (Å²) in [4.78, 5) is 16.4. The lowest BCUT2D eigenvalue weighted by Gasteiger charge is -2.23. The van der Waals surface area contributed by atoms with Gasteiger partial charge in [-0.1, -0.05) is 27.2 Å². The van der Waals surface area contributed by atoms with Gasteiger partial charge in [-0.05, 0) is 44.2 Å². The number of aromatic nitrogens is 1. The first-order valence-corrected chi connectivity index (χ1v) is 8.43. The number of nitrogens with zero attached hydrogens (tertiary/aromatic N) is 1. The zero-order chi connectivity index (χ0) is 17.5. The molecule has 1 rings (SSSR count). The van der Waals surface area contributed by atoms with Crippen molar-refractivity contribution in [3.05, 3.63) is 23.9 Å². The van der Waals surface area contributed by atoms with Crippen LogP contribution in [0.15, 0.2) is 18.3 Å². The second-order valence-electron chi connectivity index (χ2n) is 6.91. The fourth-order valence-corrected chi connectivity index (χ4v) is 2.56. The van der Waals surface area contributed by atoms with Crippen LogP contribution in [-0.4, -0.2) is 22.5 Å². The maximum Gasteiger partial charge on any atom is 0.240 e. The molecule has 5 nitrogen and oxygen atoms in total. The van der Waals surface area contributed by atoms with E-state index in [9.17, 15) is 4.79 Å². The van der Waals surface area contributed by atoms with Crippen LogP contribution in [0.1, 0.15) is 59.4 Å². The fourth-order valence-electron chi connectivity index (χ4n) is 2.56. The molecule has 0 saturated carbocycles. The number of ether oxygens (including phenoxy) is 1. The summed E-state index contributed by atoms with van der Waals surface area (Å²) in [5, 5.41) is 2.89. The van der Waals surface area contributed by atoms with Gasteiger partial charge in [0.2, 0.25) is 11.8 Å². The molecule has 0 fully saturated rings. The Hall–Kier alpha value is -1.33. The van der Waals surface area contributed by atoms with Crippen molar-refractivity contribution in [3.63, 3.8) is 0 Å². The number of hydrogen-bond donors (Lipinski definition) is 2. The van der Waals surface area contributed by atoms with Crippen LogP contribution in [0.3, 0.4) is 0 Å². The SMILES string of the molecule is CCCC(C)(N)C(=O)NCc1ccnc(OC(C)CC(C)C)c1.Cl. The predicted octanol–water partition coefficient (Wildman–Crippen LogP) is 3.45. The van der Waals surface area contributed by atoms with Crippen molar-refractivity contribution < 1.29 is 9.53 Å². The van der Waals surface area contributed by atoms with Crippen molar-refractivity contribution in [2.24, 2.45) is 11.7 Å². The third kappa shape index (κ3) is 7.97. The van der Waals surface area contributed by atoms with Gasteiger partial charge < -0.3 is 15.8 Å². The van der Waals surface area contributed by atoms with E-state index in [-0.39, 0.29) is 24.4 Å². The van der Waals surface area contributed by atoms with Gasteiger partial charge in [0.05, 0.1) is 11.6 Å². The molecule has 2 atom stereocenters. The molecular formula is C18H32ClN3O2. The van der Waals surface area contributed by atoms with E-state index in [1.165, 1.54) is 0 Å². The largest absolute Gasteiger partial charge is 0.475 e. The van der Waals surface area contributed by atoms with Crippen LogP contribution in [-0.2, 0) is 11.3 Å². The molecule has 1 amide bonds. The lowest BCUT2D eigenvalue weighted by molar-refractivity contribution is -0.126. The third-order valence-corrected chi connectivity index (χ3v) is 3.67. The number of nitrogens with two attached hydrogens (primary N) is 1. The summed E-state index contributed by atoms with van der Waals surface area (Å²) in [6, 6.07) is 3.73. The molecule has 0 aliphatic heterocycles. The lowest BCUT2D eigenvalue weighted by atomic mass is 9.96. The molecule has 0 saturated heterocycles. The highest BCUT2D eigenvalue weighted by Gasteiger charge is 2.26. The smallest absolute Gasteiger partial charge is 0.240 e. The molecule has 138 valence electrons. The fraction of sp³-hybridized carbons (Fsp3) is 0.667. The van der Waals surface area contributed by atoms with E-state index in [4.69, 9.17) is 10.5 Å². The van der Waals surface area contributed by atoms with Crippen LogP contribution in [0.4, 0.5) is 0 Å². The Bertz CT molecular complexity index is 507. The number of amides is 1. The minimum absolute atomic E-state index is 0. The molecule has 0 aromatic carbocycles. The number of pyridine rings is 1. The number of carbonyl (C=O) groups is 1. The Balaban J connectivity index is 0.00000529. The second kappa shape index (κ2) is 10.5. The van der Waals surface area contributed by atoms with E-state index in [0.29, 0.717) is 24.8 Å². The van der Waals surface area contributed by atoms with Crippen molar-refractivity contribution in [2.75, 3.05) is 0 Å². The standard InChI is InChI=1S/C18H31N3O2.ClH/c1-6-8-18(5,19)17(22)21-12-15-7-9-20-16(11-15)23-14(4)10-13(2)3;/h7,9,11,13-14H,6,8,10,12,19H2,1-5H3,(H,21,22);1H. The Labute approximate surface area is 152 Å². The van der Waals surface area contributed by atoms with Crippen molar-refractivity contribution in [1.29, 1.82) is 0 Å². The summed E-state index contributed by atoms with van der Waals surface area (Å²) in [7, 11) is 0. The van der Waals surface area contributed by atoms with Crippen LogP contribution in [0.2, 0.25) is 0 Å². The third-order valence-electron chi connectivity index (χ3n) is 3.67. The van der Waals surface area contributed by atoms with E-state index >= 15 is 0 Å². The molecule has 3 N–H and O–H groups in total. The lowest BCUT2D eigenvalue weighted by Crippen LogP contribution is -2.51. The van der Waals surface area contributed by atoms with Gasteiger partial charge in [-0.25, -0.2) is 4.98 Å². The van der Waals surface area contributed by atoms with Crippen molar-refractivity contribution in [2.45, 2.75) is 72.1 Å². The number of nitrogens with one attached hydrogen (secondary N) is 1. The van der Waals surface area contributed by atoms with Gasteiger partial charge in [0.15, 0.2) is 0 Å². The van der Waals surface area contributed by atoms with E-state index in [2.05, 4.69) is 24.1 Å². The average Bonchev–Trinajstić information content (AvgIpc) is 2.44. The Kier molecular flexibility index (Phi) is 9.93. The van der Waals surface area contributed by atoms with Gasteiger partial charge in [-0.15, -0.1) is 12.4 Å². The minimum Gasteiger partial charge on any atom is -0.475 e. The minimum atomic E-state index is -0.826. The van der Waals surface area contributed by atoms with Gasteiger partial charge in [0, 0.05) is 18.8 Å². The van der Waals surface area contributed by atoms with E-state index < -0.39 is 5.54 Å². The molecule has 1 aromatic heterocycles. The molecule has 0 radical (unpaired) electrons. The average molecular weight is 358 g/mol. The molecule has 1 aromatic rings. The zero-order valence-corrected chi connectivity index (χ0v) is 16.3. The monoisotopic (exact) mass is 357 g/mol. The predicted molar refractivity (Wildman–Crippen MR) is 100 cm³/mol. The summed E-state index contributed by atoms with van der Waals surface area (Å²) >= 11 is 0. The second-order valence-corrected chi connectivity index (χ2v) is 6.91. The van der Waals surface area contributed by atoms with Crippen LogP contribution < -0.4 is 15.8 Å². The first-order chi connectivity index (χ1) is 10.7. The maximum absolute atomic E-state index is 12.1. The van der Waals surface area contributed by atoms with Crippen LogP contribution in [0.25, 0.3) is 0 Å². The summed E-state index contributed by atoms with van der Waals surface area (Å²) in [5.74, 6) is 1.04. The molecule has 24 heavy (non-hydrogen) atoms. The molecule has 1 heterocycles. The van der Waals surface area contributed by atoms with Gasteiger partial charge in [0.25, 0.3) is 0 Å². The normalized spacial score (nSPS) is 14.5. The molecule has 0 aliphatic carbocycles. The first kappa shape index (κ1) is 22.7. The Morgan fingerprint density at radius 3 is 2.67 bits per heavy atom. The molecule has 0 spiro atoms. The summed E-state index contributed by atoms with van der Waals surface area (Å²) < 4.78 is 5.83. The first-order valence-electron chi connectivity index (χ1n) is 8.43. The molecule has 2 unspecified atom stereocenters. The quantitative estimate of drug-likeness (QED) is 0.709. The Morgan fingerprint density at radius 1 is 1.42 bits per heavy atom. The highest BCUT2D eigenvalue weighted by atomic mass is 35.5. The van der Waals surface area contributed by atoms with Crippen molar-refractivity contribution in [3.8, 4) is 5.88 Å². The number of halogens is 1. The molecule has 0 aliphatic rings. The summed E-state index contributed by atoms with van der Waals surface area (Å²) in [5.41, 5.74) is 6.15. The summed E-state index contributed by atoms with van der Waals surface area (Å²) in [6.45, 7) is 10.6. The van der Waals surface area contributed by atoms with Crippen LogP contribution in [0.5, 0.6) is 5.88 Å². The zero-order valence-electron chi connectivity index (χ0n) is 15.5. The number of rotatable bonds is 9. The topological polar surface area (TPSA) is 77.2 Å². The number of hydrogen-bond acceptors (Lipinski definition) is 4. The Morgan fingerprint density at radius 2 is 2.08 bits per heavy atom. The van der Waals surface area contributed by atoms with E-state index in [0.717, 1.165) is 18.4 Å². The van der Waals surface area contributed by atoms with Crippen LogP contribution >= 0.6 is 12.4 Å². The molecular weight excluding hydrogens is 326 g/mol. The highest BCUT2D eigenvalue weighted by molar-refractivity contribution is 5.85. The maximum atomic E-state index is 12.1. The van der Waals surface area contributed by atoms with E-state index in [1.807, 2.05) is 26.0 Å². The van der Waals surface area contributed by atoms with Crippen molar-refractivity contribution in [1.82, 2.24) is 10.3 Å². The van der Waals surface area contributed by atoms with Gasteiger partial charge >= 0.3 is 0 Å². The van der Waals surface area contributed by atoms with Crippen molar-refractivity contribution >= 4 is 18.3 Å². The van der Waals surface area contributed by atoms with Gasteiger partial charge in [0.1, 0.15) is 0 Å². The van der Waals surface area contributed by atoms with Gasteiger partial charge in [-0.3, -0.25) is 4.79 Å². The molecule has 6 heteroatoms. The summed E-state index contributed by atoms with van der Waals surface area (Å²) in [6.07, 6.45) is 4.33.